The smallest absolute Gasteiger partial charge is 0.124 e. The van der Waals surface area contributed by atoms with Crippen molar-refractivity contribution in [2.24, 2.45) is 0 Å². The lowest BCUT2D eigenvalue weighted by Crippen LogP contribution is -2.40. The fraction of sp³-hybridized carbons (Fsp3) is 0.455. The summed E-state index contributed by atoms with van der Waals surface area (Å²) < 4.78 is 17.2. The molecule has 4 heteroatoms. The molecule has 0 saturated carbocycles. The molecule has 0 radical (unpaired) electrons. The zero-order valence-corrected chi connectivity index (χ0v) is 9.71. The van der Waals surface area contributed by atoms with Crippen LogP contribution < -0.4 is 10.1 Å². The quantitative estimate of drug-likeness (QED) is 0.818. The maximum atomic E-state index is 11.6. The highest BCUT2D eigenvalue weighted by atomic mass is 32.2. The van der Waals surface area contributed by atoms with Crippen molar-refractivity contribution in [3.8, 4) is 5.75 Å². The van der Waals surface area contributed by atoms with Gasteiger partial charge in [0.05, 0.1) is 11.3 Å². The van der Waals surface area contributed by atoms with E-state index in [1.165, 1.54) is 0 Å². The van der Waals surface area contributed by atoms with Gasteiger partial charge in [-0.3, -0.25) is 4.21 Å². The van der Waals surface area contributed by atoms with E-state index in [2.05, 4.69) is 5.32 Å². The van der Waals surface area contributed by atoms with E-state index in [9.17, 15) is 4.21 Å². The van der Waals surface area contributed by atoms with Crippen molar-refractivity contribution >= 4 is 10.8 Å². The molecule has 0 aromatic heterocycles. The summed E-state index contributed by atoms with van der Waals surface area (Å²) in [6, 6.07) is 8.03. The van der Waals surface area contributed by atoms with E-state index in [0.717, 1.165) is 11.3 Å². The lowest BCUT2D eigenvalue weighted by Gasteiger charge is -2.31. The SMILES string of the molecule is CNC1c2ccccc2OCC1S(C)=O. The largest absolute Gasteiger partial charge is 0.492 e. The number of hydrogen-bond acceptors (Lipinski definition) is 3. The molecule has 2 rings (SSSR count). The standard InChI is InChI=1S/C11H15NO2S/c1-12-11-8-5-3-4-6-9(8)14-7-10(11)15(2)13/h3-6,10-12H,7H2,1-2H3. The first-order chi connectivity index (χ1) is 7.24. The number of ether oxygens (including phenoxy) is 1. The van der Waals surface area contributed by atoms with Gasteiger partial charge in [0, 0.05) is 22.6 Å². The first kappa shape index (κ1) is 10.6. The van der Waals surface area contributed by atoms with Gasteiger partial charge in [-0.05, 0) is 13.1 Å². The molecule has 3 atom stereocenters. The molecule has 3 nitrogen and oxygen atoms in total. The van der Waals surface area contributed by atoms with E-state index in [1.54, 1.807) is 6.26 Å². The fourth-order valence-electron chi connectivity index (χ4n) is 1.97. The topological polar surface area (TPSA) is 38.3 Å². The van der Waals surface area contributed by atoms with Gasteiger partial charge in [-0.25, -0.2) is 0 Å². The summed E-state index contributed by atoms with van der Waals surface area (Å²) in [6.07, 6.45) is 1.73. The van der Waals surface area contributed by atoms with Gasteiger partial charge in [0.15, 0.2) is 0 Å². The molecule has 0 fully saturated rings. The minimum Gasteiger partial charge on any atom is -0.492 e. The molecular weight excluding hydrogens is 210 g/mol. The molecule has 1 aliphatic rings. The molecule has 3 unspecified atom stereocenters. The first-order valence-electron chi connectivity index (χ1n) is 4.95. The van der Waals surface area contributed by atoms with Crippen LogP contribution in [0.4, 0.5) is 0 Å². The third-order valence-electron chi connectivity index (χ3n) is 2.77. The predicted octanol–water partition coefficient (Wildman–Crippen LogP) is 1.09. The Hall–Kier alpha value is -0.870. The second kappa shape index (κ2) is 4.33. The second-order valence-electron chi connectivity index (χ2n) is 3.65. The number of fused-ring (bicyclic) bond motifs is 1. The van der Waals surface area contributed by atoms with E-state index in [4.69, 9.17) is 4.74 Å². The monoisotopic (exact) mass is 225 g/mol. The number of rotatable bonds is 2. The Kier molecular flexibility index (Phi) is 3.07. The molecule has 0 saturated heterocycles. The highest BCUT2D eigenvalue weighted by Crippen LogP contribution is 2.33. The summed E-state index contributed by atoms with van der Waals surface area (Å²) in [6.45, 7) is 0.519. The van der Waals surface area contributed by atoms with Crippen LogP contribution in [0.15, 0.2) is 24.3 Å². The Morgan fingerprint density at radius 1 is 1.47 bits per heavy atom. The number of hydrogen-bond donors (Lipinski definition) is 1. The maximum absolute atomic E-state index is 11.6. The lowest BCUT2D eigenvalue weighted by molar-refractivity contribution is 0.262. The van der Waals surface area contributed by atoms with Crippen LogP contribution in [0.2, 0.25) is 0 Å². The van der Waals surface area contributed by atoms with E-state index in [1.807, 2.05) is 31.3 Å². The summed E-state index contributed by atoms with van der Waals surface area (Å²) in [5, 5.41) is 3.25. The van der Waals surface area contributed by atoms with Gasteiger partial charge in [-0.1, -0.05) is 18.2 Å². The molecule has 0 bridgehead atoms. The maximum Gasteiger partial charge on any atom is 0.124 e. The van der Waals surface area contributed by atoms with Crippen molar-refractivity contribution in [3.05, 3.63) is 29.8 Å². The first-order valence-corrected chi connectivity index (χ1v) is 6.57. The summed E-state index contributed by atoms with van der Waals surface area (Å²) in [5.41, 5.74) is 1.10. The molecule has 1 aromatic rings. The van der Waals surface area contributed by atoms with Gasteiger partial charge in [0.2, 0.25) is 0 Å². The van der Waals surface area contributed by atoms with Crippen molar-refractivity contribution in [2.75, 3.05) is 19.9 Å². The number of para-hydroxylation sites is 1. The van der Waals surface area contributed by atoms with Gasteiger partial charge in [0.1, 0.15) is 12.4 Å². The van der Waals surface area contributed by atoms with Crippen molar-refractivity contribution in [1.29, 1.82) is 0 Å². The minimum atomic E-state index is -0.877. The van der Waals surface area contributed by atoms with Crippen LogP contribution in [0.5, 0.6) is 5.75 Å². The number of nitrogens with one attached hydrogen (secondary N) is 1. The Morgan fingerprint density at radius 2 is 2.20 bits per heavy atom. The Balaban J connectivity index is 2.38. The highest BCUT2D eigenvalue weighted by molar-refractivity contribution is 7.85. The zero-order valence-electron chi connectivity index (χ0n) is 8.90. The minimum absolute atomic E-state index is 0.0323. The molecule has 0 aliphatic carbocycles. The Labute approximate surface area is 92.3 Å². The Bertz CT molecular complexity index is 381. The third-order valence-corrected chi connectivity index (χ3v) is 4.03. The van der Waals surface area contributed by atoms with E-state index in [-0.39, 0.29) is 11.3 Å². The van der Waals surface area contributed by atoms with Crippen LogP contribution >= 0.6 is 0 Å². The highest BCUT2D eigenvalue weighted by Gasteiger charge is 2.31. The fourth-order valence-corrected chi connectivity index (χ4v) is 2.89. The van der Waals surface area contributed by atoms with Gasteiger partial charge >= 0.3 is 0 Å². The van der Waals surface area contributed by atoms with Gasteiger partial charge in [-0.2, -0.15) is 0 Å². The van der Waals surface area contributed by atoms with Crippen molar-refractivity contribution in [1.82, 2.24) is 5.32 Å². The molecule has 82 valence electrons. The number of benzene rings is 1. The Morgan fingerprint density at radius 3 is 2.87 bits per heavy atom. The average Bonchev–Trinajstić information content (AvgIpc) is 2.27. The van der Waals surface area contributed by atoms with Gasteiger partial charge in [-0.15, -0.1) is 0 Å². The van der Waals surface area contributed by atoms with Crippen LogP contribution in [-0.2, 0) is 10.8 Å². The van der Waals surface area contributed by atoms with Crippen LogP contribution in [-0.4, -0.2) is 29.4 Å². The van der Waals surface area contributed by atoms with Crippen molar-refractivity contribution in [2.45, 2.75) is 11.3 Å². The van der Waals surface area contributed by atoms with E-state index in [0.29, 0.717) is 6.61 Å². The second-order valence-corrected chi connectivity index (χ2v) is 5.25. The predicted molar refractivity (Wildman–Crippen MR) is 61.6 cm³/mol. The molecule has 15 heavy (non-hydrogen) atoms. The van der Waals surface area contributed by atoms with E-state index >= 15 is 0 Å². The zero-order chi connectivity index (χ0) is 10.8. The molecule has 1 aromatic carbocycles. The normalized spacial score (nSPS) is 26.5. The molecule has 1 heterocycles. The molecule has 0 spiro atoms. The van der Waals surface area contributed by atoms with Crippen LogP contribution in [0, 0.1) is 0 Å². The lowest BCUT2D eigenvalue weighted by atomic mass is 10.0. The molecule has 1 aliphatic heterocycles. The van der Waals surface area contributed by atoms with Gasteiger partial charge in [0.25, 0.3) is 0 Å². The third kappa shape index (κ3) is 1.92. The summed E-state index contributed by atoms with van der Waals surface area (Å²) >= 11 is 0. The van der Waals surface area contributed by atoms with Crippen LogP contribution in [0.3, 0.4) is 0 Å². The molecule has 1 N–H and O–H groups in total. The van der Waals surface area contributed by atoms with E-state index < -0.39 is 10.8 Å². The summed E-state index contributed by atoms with van der Waals surface area (Å²) in [7, 11) is 1.02. The van der Waals surface area contributed by atoms with Crippen molar-refractivity contribution in [3.63, 3.8) is 0 Å². The van der Waals surface area contributed by atoms with Crippen molar-refractivity contribution < 1.29 is 8.95 Å². The van der Waals surface area contributed by atoms with Crippen LogP contribution in [0.25, 0.3) is 0 Å². The summed E-state index contributed by atoms with van der Waals surface area (Å²) in [5.74, 6) is 0.901. The average molecular weight is 225 g/mol. The molecule has 0 amide bonds. The van der Waals surface area contributed by atoms with Crippen LogP contribution in [0.1, 0.15) is 11.6 Å². The summed E-state index contributed by atoms with van der Waals surface area (Å²) in [4.78, 5) is 0. The molecular formula is C11H15NO2S. The van der Waals surface area contributed by atoms with Gasteiger partial charge < -0.3 is 10.1 Å².